The normalized spacial score (nSPS) is 14.5. The quantitative estimate of drug-likeness (QED) is 0.436. The maximum atomic E-state index is 12.6. The van der Waals surface area contributed by atoms with Crippen LogP contribution in [-0.4, -0.2) is 58.6 Å². The van der Waals surface area contributed by atoms with Crippen LogP contribution in [0.5, 0.6) is 17.4 Å². The predicted molar refractivity (Wildman–Crippen MR) is 127 cm³/mol. The van der Waals surface area contributed by atoms with Gasteiger partial charge >= 0.3 is 12.3 Å². The van der Waals surface area contributed by atoms with Crippen LogP contribution in [-0.2, 0) is 12.6 Å². The van der Waals surface area contributed by atoms with Gasteiger partial charge in [0.15, 0.2) is 0 Å². The van der Waals surface area contributed by atoms with Crippen LogP contribution in [0.3, 0.4) is 0 Å². The Bertz CT molecular complexity index is 1150. The fourth-order valence-electron chi connectivity index (χ4n) is 3.85. The van der Waals surface area contributed by atoms with Crippen molar-refractivity contribution in [3.8, 4) is 17.4 Å². The van der Waals surface area contributed by atoms with Crippen LogP contribution in [0, 0.1) is 6.92 Å². The molecule has 2 aromatic heterocycles. The third-order valence-corrected chi connectivity index (χ3v) is 5.80. The Hall–Kier alpha value is -3.66. The summed E-state index contributed by atoms with van der Waals surface area (Å²) in [5, 5.41) is 0. The van der Waals surface area contributed by atoms with Crippen LogP contribution in [0.4, 0.5) is 18.0 Å². The zero-order valence-electron chi connectivity index (χ0n) is 19.9. The molecule has 0 radical (unpaired) electrons. The second-order valence-corrected chi connectivity index (χ2v) is 8.53. The SMILES string of the molecule is Cc1cccc(CCCN2CCN(C(=O)Oc3ccc(Oc4ccc(C(F)(F)F)cn4)cc3)CC2)n1. The van der Waals surface area contributed by atoms with E-state index in [9.17, 15) is 18.0 Å². The maximum absolute atomic E-state index is 12.6. The van der Waals surface area contributed by atoms with Gasteiger partial charge in [-0.2, -0.15) is 13.2 Å². The molecule has 1 aromatic carbocycles. The number of ether oxygens (including phenoxy) is 2. The first-order valence-corrected chi connectivity index (χ1v) is 11.7. The molecule has 0 spiro atoms. The predicted octanol–water partition coefficient (Wildman–Crippen LogP) is 5.35. The molecule has 0 saturated carbocycles. The summed E-state index contributed by atoms with van der Waals surface area (Å²) >= 11 is 0. The highest BCUT2D eigenvalue weighted by Gasteiger charge is 2.30. The first kappa shape index (κ1) is 25.4. The molecule has 190 valence electrons. The zero-order valence-corrected chi connectivity index (χ0v) is 19.9. The molecule has 0 unspecified atom stereocenters. The van der Waals surface area contributed by atoms with E-state index in [4.69, 9.17) is 9.47 Å². The highest BCUT2D eigenvalue weighted by molar-refractivity contribution is 5.70. The van der Waals surface area contributed by atoms with Gasteiger partial charge in [0, 0.05) is 49.8 Å². The molecule has 1 fully saturated rings. The summed E-state index contributed by atoms with van der Waals surface area (Å²) in [6.45, 7) is 5.68. The number of hydrogen-bond acceptors (Lipinski definition) is 6. The summed E-state index contributed by atoms with van der Waals surface area (Å²) in [5.74, 6) is 0.734. The molecule has 3 aromatic rings. The number of nitrogens with zero attached hydrogens (tertiary/aromatic N) is 4. The summed E-state index contributed by atoms with van der Waals surface area (Å²) in [4.78, 5) is 24.8. The first-order valence-electron chi connectivity index (χ1n) is 11.7. The first-order chi connectivity index (χ1) is 17.3. The van der Waals surface area contributed by atoms with Gasteiger partial charge in [0.05, 0.1) is 5.56 Å². The van der Waals surface area contributed by atoms with E-state index in [1.165, 1.54) is 0 Å². The minimum atomic E-state index is -4.46. The van der Waals surface area contributed by atoms with Crippen molar-refractivity contribution in [2.75, 3.05) is 32.7 Å². The molecule has 0 atom stereocenters. The van der Waals surface area contributed by atoms with Crippen LogP contribution in [0.15, 0.2) is 60.8 Å². The molecule has 7 nitrogen and oxygen atoms in total. The van der Waals surface area contributed by atoms with Gasteiger partial charge in [0.1, 0.15) is 11.5 Å². The van der Waals surface area contributed by atoms with Gasteiger partial charge in [-0.1, -0.05) is 6.07 Å². The van der Waals surface area contributed by atoms with Crippen molar-refractivity contribution >= 4 is 6.09 Å². The smallest absolute Gasteiger partial charge is 0.417 e. The topological polar surface area (TPSA) is 67.8 Å². The van der Waals surface area contributed by atoms with Gasteiger partial charge in [-0.15, -0.1) is 0 Å². The van der Waals surface area contributed by atoms with Gasteiger partial charge in [0.2, 0.25) is 5.88 Å². The van der Waals surface area contributed by atoms with E-state index >= 15 is 0 Å². The molecule has 1 aliphatic rings. The van der Waals surface area contributed by atoms with E-state index in [2.05, 4.69) is 14.9 Å². The molecule has 10 heteroatoms. The van der Waals surface area contributed by atoms with Gasteiger partial charge in [-0.05, 0) is 68.8 Å². The largest absolute Gasteiger partial charge is 0.439 e. The molecule has 0 bridgehead atoms. The average molecular weight is 501 g/mol. The van der Waals surface area contributed by atoms with Crippen molar-refractivity contribution in [2.45, 2.75) is 25.9 Å². The van der Waals surface area contributed by atoms with Gasteiger partial charge in [-0.3, -0.25) is 9.88 Å². The number of aromatic nitrogens is 2. The Balaban J connectivity index is 1.19. The second kappa shape index (κ2) is 11.4. The van der Waals surface area contributed by atoms with E-state index < -0.39 is 17.8 Å². The van der Waals surface area contributed by atoms with Crippen molar-refractivity contribution in [1.29, 1.82) is 0 Å². The third-order valence-electron chi connectivity index (χ3n) is 5.80. The van der Waals surface area contributed by atoms with E-state index in [-0.39, 0.29) is 5.88 Å². The van der Waals surface area contributed by atoms with Gasteiger partial charge in [-0.25, -0.2) is 9.78 Å². The minimum Gasteiger partial charge on any atom is -0.439 e. The number of piperazine rings is 1. The Morgan fingerprint density at radius 1 is 0.972 bits per heavy atom. The Morgan fingerprint density at radius 2 is 1.69 bits per heavy atom. The molecule has 36 heavy (non-hydrogen) atoms. The number of alkyl halides is 3. The lowest BCUT2D eigenvalue weighted by molar-refractivity contribution is -0.137. The van der Waals surface area contributed by atoms with Crippen molar-refractivity contribution in [3.05, 3.63) is 77.7 Å². The van der Waals surface area contributed by atoms with Crippen molar-refractivity contribution in [2.24, 2.45) is 0 Å². The molecule has 1 saturated heterocycles. The Morgan fingerprint density at radius 3 is 2.33 bits per heavy atom. The molecular weight excluding hydrogens is 473 g/mol. The van der Waals surface area contributed by atoms with Crippen molar-refractivity contribution in [3.63, 3.8) is 0 Å². The summed E-state index contributed by atoms with van der Waals surface area (Å²) in [6, 6.07) is 14.4. The summed E-state index contributed by atoms with van der Waals surface area (Å²) in [7, 11) is 0. The third kappa shape index (κ3) is 7.17. The van der Waals surface area contributed by atoms with E-state index in [1.807, 2.05) is 25.1 Å². The van der Waals surface area contributed by atoms with Crippen LogP contribution in [0.2, 0.25) is 0 Å². The fraction of sp³-hybridized carbons (Fsp3) is 0.346. The summed E-state index contributed by atoms with van der Waals surface area (Å²) < 4.78 is 48.8. The number of carbonyl (C=O) groups is 1. The number of hydrogen-bond donors (Lipinski definition) is 0. The molecule has 3 heterocycles. The second-order valence-electron chi connectivity index (χ2n) is 8.53. The maximum Gasteiger partial charge on any atom is 0.417 e. The molecule has 0 aliphatic carbocycles. The highest BCUT2D eigenvalue weighted by atomic mass is 19.4. The number of benzene rings is 1. The number of aryl methyl sites for hydroxylation is 2. The molecule has 4 rings (SSSR count). The number of amides is 1. The summed E-state index contributed by atoms with van der Waals surface area (Å²) in [5.41, 5.74) is 1.28. The zero-order chi connectivity index (χ0) is 25.5. The van der Waals surface area contributed by atoms with Gasteiger partial charge in [0.25, 0.3) is 0 Å². The summed E-state index contributed by atoms with van der Waals surface area (Å²) in [6.07, 6.45) is -2.22. The Labute approximate surface area is 207 Å². The fourth-order valence-corrected chi connectivity index (χ4v) is 3.85. The average Bonchev–Trinajstić information content (AvgIpc) is 2.85. The van der Waals surface area contributed by atoms with Gasteiger partial charge < -0.3 is 14.4 Å². The number of pyridine rings is 2. The van der Waals surface area contributed by atoms with Crippen molar-refractivity contribution < 1.29 is 27.4 Å². The minimum absolute atomic E-state index is 0.0285. The lowest BCUT2D eigenvalue weighted by Crippen LogP contribution is -2.49. The lowest BCUT2D eigenvalue weighted by Gasteiger charge is -2.34. The molecular formula is C26H27F3N4O3. The van der Waals surface area contributed by atoms with Crippen molar-refractivity contribution in [1.82, 2.24) is 19.8 Å². The van der Waals surface area contributed by atoms with Crippen LogP contribution >= 0.6 is 0 Å². The number of carbonyl (C=O) groups excluding carboxylic acids is 1. The van der Waals surface area contributed by atoms with Crippen LogP contribution in [0.1, 0.15) is 23.4 Å². The van der Waals surface area contributed by atoms with Crippen LogP contribution < -0.4 is 9.47 Å². The standard InChI is InChI=1S/C26H27F3N4O3/c1-19-4-2-5-21(31-19)6-3-13-32-14-16-33(17-15-32)25(34)36-23-10-8-22(9-11-23)35-24-12-7-20(18-30-24)26(27,28)29/h2,4-5,7-12,18H,3,6,13-17H2,1H3. The van der Waals surface area contributed by atoms with Crippen LogP contribution in [0.25, 0.3) is 0 Å². The lowest BCUT2D eigenvalue weighted by atomic mass is 10.2. The number of rotatable bonds is 7. The molecule has 0 N–H and O–H groups in total. The molecule has 1 aliphatic heterocycles. The Kier molecular flexibility index (Phi) is 8.04. The monoisotopic (exact) mass is 500 g/mol. The van der Waals surface area contributed by atoms with E-state index in [0.717, 1.165) is 56.0 Å². The number of halogens is 3. The van der Waals surface area contributed by atoms with E-state index in [1.54, 1.807) is 29.2 Å². The highest BCUT2D eigenvalue weighted by Crippen LogP contribution is 2.30. The van der Waals surface area contributed by atoms with E-state index in [0.29, 0.717) is 30.8 Å². The molecule has 1 amide bonds.